The molecule has 2 rings (SSSR count). The number of anilines is 1. The number of likely N-dealkylation sites (tertiary alicyclic amines) is 1. The Morgan fingerprint density at radius 3 is 2.86 bits per heavy atom. The molecule has 5 nitrogen and oxygen atoms in total. The summed E-state index contributed by atoms with van der Waals surface area (Å²) in [4.78, 5) is 6.74. The van der Waals surface area contributed by atoms with Crippen LogP contribution in [0.5, 0.6) is 11.8 Å². The van der Waals surface area contributed by atoms with Gasteiger partial charge in [0.25, 0.3) is 0 Å². The molecule has 0 spiro atoms. The van der Waals surface area contributed by atoms with Gasteiger partial charge in [-0.15, -0.1) is 0 Å². The fourth-order valence-electron chi connectivity index (χ4n) is 2.52. The summed E-state index contributed by atoms with van der Waals surface area (Å²) in [5.41, 5.74) is 6.43. The maximum absolute atomic E-state index is 5.87. The topological polar surface area (TPSA) is 60.6 Å². The van der Waals surface area contributed by atoms with Crippen LogP contribution in [0.15, 0.2) is 12.1 Å². The van der Waals surface area contributed by atoms with Gasteiger partial charge in [0, 0.05) is 12.1 Å². The molecule has 2 heterocycles. The van der Waals surface area contributed by atoms with Crippen molar-refractivity contribution in [2.75, 3.05) is 32.5 Å². The van der Waals surface area contributed by atoms with Crippen molar-refractivity contribution in [2.24, 2.45) is 5.92 Å². The molecule has 1 saturated heterocycles. The fourth-order valence-corrected chi connectivity index (χ4v) is 2.52. The average Bonchev–Trinajstić information content (AvgIpc) is 2.84. The average molecular weight is 293 g/mol. The highest BCUT2D eigenvalue weighted by Crippen LogP contribution is 2.23. The van der Waals surface area contributed by atoms with E-state index in [1.165, 1.54) is 19.4 Å². The van der Waals surface area contributed by atoms with Gasteiger partial charge in [0.05, 0.1) is 18.9 Å². The van der Waals surface area contributed by atoms with Crippen molar-refractivity contribution in [3.8, 4) is 11.8 Å². The van der Waals surface area contributed by atoms with E-state index in [1.807, 2.05) is 0 Å². The Morgan fingerprint density at radius 2 is 2.19 bits per heavy atom. The van der Waals surface area contributed by atoms with Gasteiger partial charge in [-0.2, -0.15) is 4.98 Å². The second-order valence-electron chi connectivity index (χ2n) is 6.16. The molecule has 0 aromatic carbocycles. The molecule has 1 aliphatic heterocycles. The molecule has 0 aliphatic carbocycles. The summed E-state index contributed by atoms with van der Waals surface area (Å²) in [6, 6.07) is 4.23. The van der Waals surface area contributed by atoms with Crippen molar-refractivity contribution in [2.45, 2.75) is 39.2 Å². The number of nitrogens with zero attached hydrogens (tertiary/aromatic N) is 2. The minimum absolute atomic E-state index is 0.439. The number of pyridine rings is 1. The van der Waals surface area contributed by atoms with Gasteiger partial charge in [-0.1, -0.05) is 13.8 Å². The van der Waals surface area contributed by atoms with E-state index in [1.54, 1.807) is 12.1 Å². The number of nitrogens with two attached hydrogens (primary N) is 1. The first-order valence-electron chi connectivity index (χ1n) is 7.78. The van der Waals surface area contributed by atoms with E-state index in [-0.39, 0.29) is 0 Å². The lowest BCUT2D eigenvalue weighted by Crippen LogP contribution is -2.26. The summed E-state index contributed by atoms with van der Waals surface area (Å²) in [5, 5.41) is 0. The van der Waals surface area contributed by atoms with Crippen LogP contribution in [0.2, 0.25) is 0 Å². The second-order valence-corrected chi connectivity index (χ2v) is 6.16. The van der Waals surface area contributed by atoms with E-state index in [4.69, 9.17) is 15.2 Å². The van der Waals surface area contributed by atoms with E-state index in [2.05, 4.69) is 30.8 Å². The number of hydrogen-bond donors (Lipinski definition) is 1. The van der Waals surface area contributed by atoms with Gasteiger partial charge in [-0.3, -0.25) is 0 Å². The van der Waals surface area contributed by atoms with Crippen LogP contribution in [0.3, 0.4) is 0 Å². The second kappa shape index (κ2) is 7.50. The molecule has 1 unspecified atom stereocenters. The standard InChI is InChI=1S/C16H27N3O2/c1-12(2)11-21-16-14(17)6-7-15(18-16)20-10-8-13-5-4-9-19(13)3/h6-7,12-13H,4-5,8-11,17H2,1-3H3. The van der Waals surface area contributed by atoms with Crippen molar-refractivity contribution >= 4 is 5.69 Å². The van der Waals surface area contributed by atoms with Crippen LogP contribution in [0.1, 0.15) is 33.1 Å². The minimum atomic E-state index is 0.439. The molecule has 1 aromatic rings. The molecule has 0 radical (unpaired) electrons. The van der Waals surface area contributed by atoms with Crippen LogP contribution >= 0.6 is 0 Å². The van der Waals surface area contributed by atoms with E-state index in [0.29, 0.717) is 42.6 Å². The Morgan fingerprint density at radius 1 is 1.38 bits per heavy atom. The van der Waals surface area contributed by atoms with Crippen molar-refractivity contribution < 1.29 is 9.47 Å². The van der Waals surface area contributed by atoms with Crippen LogP contribution in [-0.4, -0.2) is 42.7 Å². The third-order valence-electron chi connectivity index (χ3n) is 3.79. The Labute approximate surface area is 127 Å². The zero-order valence-corrected chi connectivity index (χ0v) is 13.3. The molecule has 5 heteroatoms. The number of nitrogen functional groups attached to an aromatic ring is 1. The molecule has 21 heavy (non-hydrogen) atoms. The monoisotopic (exact) mass is 293 g/mol. The first-order chi connectivity index (χ1) is 10.1. The summed E-state index contributed by atoms with van der Waals surface area (Å²) < 4.78 is 11.4. The fraction of sp³-hybridized carbons (Fsp3) is 0.688. The number of ether oxygens (including phenoxy) is 2. The molecule has 1 atom stereocenters. The number of aromatic nitrogens is 1. The van der Waals surface area contributed by atoms with Crippen LogP contribution in [0.4, 0.5) is 5.69 Å². The maximum atomic E-state index is 5.87. The molecule has 1 aromatic heterocycles. The van der Waals surface area contributed by atoms with Gasteiger partial charge in [0.2, 0.25) is 11.8 Å². The molecule has 0 saturated carbocycles. The molecular weight excluding hydrogens is 266 g/mol. The third kappa shape index (κ3) is 4.77. The highest BCUT2D eigenvalue weighted by Gasteiger charge is 2.20. The Bertz CT molecular complexity index is 451. The van der Waals surface area contributed by atoms with Crippen LogP contribution in [0.25, 0.3) is 0 Å². The molecule has 0 bridgehead atoms. The van der Waals surface area contributed by atoms with E-state index in [0.717, 1.165) is 6.42 Å². The molecule has 118 valence electrons. The van der Waals surface area contributed by atoms with E-state index in [9.17, 15) is 0 Å². The maximum Gasteiger partial charge on any atom is 0.240 e. The van der Waals surface area contributed by atoms with Gasteiger partial charge in [0.15, 0.2) is 0 Å². The minimum Gasteiger partial charge on any atom is -0.478 e. The van der Waals surface area contributed by atoms with Crippen LogP contribution < -0.4 is 15.2 Å². The van der Waals surface area contributed by atoms with Crippen molar-refractivity contribution in [1.29, 1.82) is 0 Å². The Hall–Kier alpha value is -1.49. The SMILES string of the molecule is CC(C)COc1nc(OCCC2CCCN2C)ccc1N. The molecule has 0 amide bonds. The van der Waals surface area contributed by atoms with Gasteiger partial charge in [0.1, 0.15) is 0 Å². The summed E-state index contributed by atoms with van der Waals surface area (Å²) in [6.07, 6.45) is 3.58. The lowest BCUT2D eigenvalue weighted by Gasteiger charge is -2.19. The smallest absolute Gasteiger partial charge is 0.240 e. The molecular formula is C16H27N3O2. The van der Waals surface area contributed by atoms with Gasteiger partial charge in [-0.05, 0) is 44.8 Å². The predicted octanol–water partition coefficient (Wildman–Crippen LogP) is 2.56. The van der Waals surface area contributed by atoms with Gasteiger partial charge >= 0.3 is 0 Å². The summed E-state index contributed by atoms with van der Waals surface area (Å²) >= 11 is 0. The van der Waals surface area contributed by atoms with E-state index < -0.39 is 0 Å². The summed E-state index contributed by atoms with van der Waals surface area (Å²) in [7, 11) is 2.18. The normalized spacial score (nSPS) is 19.1. The molecule has 1 aliphatic rings. The van der Waals surface area contributed by atoms with Crippen molar-refractivity contribution in [3.05, 3.63) is 12.1 Å². The van der Waals surface area contributed by atoms with Crippen LogP contribution in [-0.2, 0) is 0 Å². The molecule has 2 N–H and O–H groups in total. The predicted molar refractivity (Wildman–Crippen MR) is 84.7 cm³/mol. The zero-order chi connectivity index (χ0) is 15.2. The highest BCUT2D eigenvalue weighted by atomic mass is 16.5. The summed E-state index contributed by atoms with van der Waals surface area (Å²) in [6.45, 7) is 6.66. The number of rotatable bonds is 7. The first kappa shape index (κ1) is 15.9. The van der Waals surface area contributed by atoms with Gasteiger partial charge < -0.3 is 20.1 Å². The van der Waals surface area contributed by atoms with Crippen molar-refractivity contribution in [1.82, 2.24) is 9.88 Å². The molecule has 1 fully saturated rings. The largest absolute Gasteiger partial charge is 0.478 e. The van der Waals surface area contributed by atoms with E-state index >= 15 is 0 Å². The quantitative estimate of drug-likeness (QED) is 0.837. The van der Waals surface area contributed by atoms with Gasteiger partial charge in [-0.25, -0.2) is 0 Å². The van der Waals surface area contributed by atoms with Crippen molar-refractivity contribution in [3.63, 3.8) is 0 Å². The number of hydrogen-bond acceptors (Lipinski definition) is 5. The first-order valence-corrected chi connectivity index (χ1v) is 7.78. The summed E-state index contributed by atoms with van der Waals surface area (Å²) in [5.74, 6) is 1.50. The third-order valence-corrected chi connectivity index (χ3v) is 3.79. The lowest BCUT2D eigenvalue weighted by molar-refractivity contribution is 0.223. The zero-order valence-electron chi connectivity index (χ0n) is 13.3. The van der Waals surface area contributed by atoms with Crippen LogP contribution in [0, 0.1) is 5.92 Å². The Balaban J connectivity index is 1.83. The Kier molecular flexibility index (Phi) is 5.67. The lowest BCUT2D eigenvalue weighted by atomic mass is 10.1. The highest BCUT2D eigenvalue weighted by molar-refractivity contribution is 5.49.